The number of amides is 2. The Hall–Kier alpha value is -1.30. The molecule has 2 aliphatic rings. The Morgan fingerprint density at radius 3 is 2.81 bits per heavy atom. The number of aliphatic hydroxyl groups excluding tert-OH is 1. The number of fused-ring (bicyclic) bond motifs is 2. The van der Waals surface area contributed by atoms with Crippen LogP contribution in [0.5, 0.6) is 0 Å². The molecule has 0 aromatic heterocycles. The van der Waals surface area contributed by atoms with Gasteiger partial charge in [0.15, 0.2) is 0 Å². The first kappa shape index (κ1) is 11.2. The second kappa shape index (κ2) is 3.93. The van der Waals surface area contributed by atoms with Crippen LogP contribution in [-0.4, -0.2) is 65.8 Å². The van der Waals surface area contributed by atoms with Crippen molar-refractivity contribution in [3.63, 3.8) is 0 Å². The van der Waals surface area contributed by atoms with Crippen molar-refractivity contribution < 1.29 is 19.4 Å². The van der Waals surface area contributed by atoms with Crippen LogP contribution in [0, 0.1) is 0 Å². The first-order valence-electron chi connectivity index (χ1n) is 5.34. The molecule has 0 radical (unpaired) electrons. The summed E-state index contributed by atoms with van der Waals surface area (Å²) in [5.74, 6) is -0.125. The Bertz CT molecular complexity index is 320. The van der Waals surface area contributed by atoms with Crippen LogP contribution in [-0.2, 0) is 9.53 Å². The SMILES string of the molecule is COC(=O)N1C2CC(O)CC1C(=O)N(C)C2. The van der Waals surface area contributed by atoms with Crippen molar-refractivity contribution in [2.75, 3.05) is 20.7 Å². The average molecular weight is 228 g/mol. The van der Waals surface area contributed by atoms with Crippen molar-refractivity contribution in [1.29, 1.82) is 0 Å². The minimum atomic E-state index is -0.569. The molecule has 2 bridgehead atoms. The Morgan fingerprint density at radius 1 is 1.50 bits per heavy atom. The van der Waals surface area contributed by atoms with Crippen molar-refractivity contribution >= 4 is 12.0 Å². The van der Waals surface area contributed by atoms with Crippen molar-refractivity contribution in [2.24, 2.45) is 0 Å². The standard InChI is InChI=1S/C10H16N2O4/c1-11-5-6-3-7(13)4-8(9(11)14)12(6)10(15)16-2/h6-8,13H,3-5H2,1-2H3. The van der Waals surface area contributed by atoms with E-state index in [9.17, 15) is 14.7 Å². The summed E-state index contributed by atoms with van der Waals surface area (Å²) in [5, 5.41) is 9.64. The summed E-state index contributed by atoms with van der Waals surface area (Å²) in [5.41, 5.74) is 0. The van der Waals surface area contributed by atoms with Gasteiger partial charge in [-0.05, 0) is 6.42 Å². The number of ether oxygens (including phenoxy) is 1. The Labute approximate surface area is 93.8 Å². The summed E-state index contributed by atoms with van der Waals surface area (Å²) in [6.45, 7) is 0.460. The highest BCUT2D eigenvalue weighted by molar-refractivity contribution is 5.87. The highest BCUT2D eigenvalue weighted by atomic mass is 16.5. The molecule has 2 heterocycles. The smallest absolute Gasteiger partial charge is 0.410 e. The number of piperazine rings is 1. The lowest BCUT2D eigenvalue weighted by Crippen LogP contribution is -2.66. The molecule has 1 N–H and O–H groups in total. The average Bonchev–Trinajstić information content (AvgIpc) is 2.24. The van der Waals surface area contributed by atoms with Crippen LogP contribution in [0.2, 0.25) is 0 Å². The van der Waals surface area contributed by atoms with E-state index in [0.29, 0.717) is 19.4 Å². The third-order valence-corrected chi connectivity index (χ3v) is 3.30. The maximum absolute atomic E-state index is 11.9. The molecule has 2 amide bonds. The molecule has 6 heteroatoms. The molecule has 0 aromatic rings. The zero-order chi connectivity index (χ0) is 11.9. The van der Waals surface area contributed by atoms with Gasteiger partial charge in [-0.1, -0.05) is 0 Å². The minimum Gasteiger partial charge on any atom is -0.453 e. The number of aliphatic hydroxyl groups is 1. The fraction of sp³-hybridized carbons (Fsp3) is 0.800. The monoisotopic (exact) mass is 228 g/mol. The fourth-order valence-electron chi connectivity index (χ4n) is 2.57. The van der Waals surface area contributed by atoms with E-state index in [1.807, 2.05) is 0 Å². The third-order valence-electron chi connectivity index (χ3n) is 3.30. The van der Waals surface area contributed by atoms with Crippen LogP contribution < -0.4 is 0 Å². The molecule has 2 aliphatic heterocycles. The van der Waals surface area contributed by atoms with Crippen LogP contribution >= 0.6 is 0 Å². The topological polar surface area (TPSA) is 70.1 Å². The summed E-state index contributed by atoms with van der Waals surface area (Å²) in [4.78, 5) is 26.5. The third kappa shape index (κ3) is 1.63. The van der Waals surface area contributed by atoms with Crippen molar-refractivity contribution in [2.45, 2.75) is 31.0 Å². The number of hydrogen-bond donors (Lipinski definition) is 1. The minimum absolute atomic E-state index is 0.125. The molecule has 3 atom stereocenters. The van der Waals surface area contributed by atoms with Gasteiger partial charge in [0, 0.05) is 20.0 Å². The van der Waals surface area contributed by atoms with Gasteiger partial charge in [-0.15, -0.1) is 0 Å². The fourth-order valence-corrected chi connectivity index (χ4v) is 2.57. The molecule has 0 saturated carbocycles. The molecular weight excluding hydrogens is 212 g/mol. The van der Waals surface area contributed by atoms with Crippen LogP contribution in [0.1, 0.15) is 12.8 Å². The number of rotatable bonds is 0. The first-order valence-corrected chi connectivity index (χ1v) is 5.34. The van der Waals surface area contributed by atoms with E-state index in [2.05, 4.69) is 4.74 Å². The van der Waals surface area contributed by atoms with E-state index in [1.165, 1.54) is 12.0 Å². The lowest BCUT2D eigenvalue weighted by Gasteiger charge is -2.48. The number of nitrogens with zero attached hydrogens (tertiary/aromatic N) is 2. The molecule has 0 aromatic carbocycles. The van der Waals surface area contributed by atoms with E-state index in [0.717, 1.165) is 0 Å². The van der Waals surface area contributed by atoms with E-state index < -0.39 is 18.2 Å². The number of likely N-dealkylation sites (N-methyl/N-ethyl adjacent to an activating group) is 1. The lowest BCUT2D eigenvalue weighted by atomic mass is 9.89. The molecule has 2 rings (SSSR count). The molecule has 0 spiro atoms. The molecule has 2 fully saturated rings. The predicted molar refractivity (Wildman–Crippen MR) is 54.7 cm³/mol. The molecule has 90 valence electrons. The summed E-state index contributed by atoms with van der Waals surface area (Å²) in [6, 6.07) is -0.705. The quantitative estimate of drug-likeness (QED) is 0.602. The predicted octanol–water partition coefficient (Wildman–Crippen LogP) is -0.581. The number of hydrogen-bond acceptors (Lipinski definition) is 4. The molecular formula is C10H16N2O4. The number of likely N-dealkylation sites (tertiary alicyclic amines) is 1. The number of piperidine rings is 1. The van der Waals surface area contributed by atoms with E-state index in [-0.39, 0.29) is 11.9 Å². The molecule has 6 nitrogen and oxygen atoms in total. The largest absolute Gasteiger partial charge is 0.453 e. The van der Waals surface area contributed by atoms with Gasteiger partial charge in [0.1, 0.15) is 6.04 Å². The second-order valence-corrected chi connectivity index (χ2v) is 4.39. The number of carbonyl (C=O) groups is 2. The highest BCUT2D eigenvalue weighted by Crippen LogP contribution is 2.29. The Kier molecular flexibility index (Phi) is 2.75. The zero-order valence-electron chi connectivity index (χ0n) is 9.42. The maximum Gasteiger partial charge on any atom is 0.410 e. The summed E-state index contributed by atoms with van der Waals surface area (Å²) in [7, 11) is 3.02. The summed E-state index contributed by atoms with van der Waals surface area (Å²) < 4.78 is 4.68. The van der Waals surface area contributed by atoms with Gasteiger partial charge in [-0.3, -0.25) is 9.69 Å². The van der Waals surface area contributed by atoms with Crippen LogP contribution in [0.25, 0.3) is 0 Å². The second-order valence-electron chi connectivity index (χ2n) is 4.39. The normalized spacial score (nSPS) is 33.9. The van der Waals surface area contributed by atoms with Crippen LogP contribution in [0.15, 0.2) is 0 Å². The van der Waals surface area contributed by atoms with Gasteiger partial charge in [-0.2, -0.15) is 0 Å². The highest BCUT2D eigenvalue weighted by Gasteiger charge is 2.47. The van der Waals surface area contributed by atoms with Gasteiger partial charge >= 0.3 is 6.09 Å². The molecule has 3 unspecified atom stereocenters. The van der Waals surface area contributed by atoms with Crippen molar-refractivity contribution in [3.8, 4) is 0 Å². The molecule has 2 saturated heterocycles. The van der Waals surface area contributed by atoms with E-state index in [4.69, 9.17) is 0 Å². The van der Waals surface area contributed by atoms with Crippen molar-refractivity contribution in [3.05, 3.63) is 0 Å². The van der Waals surface area contributed by atoms with Crippen LogP contribution in [0.4, 0.5) is 4.79 Å². The van der Waals surface area contributed by atoms with Gasteiger partial charge in [0.2, 0.25) is 5.91 Å². The summed E-state index contributed by atoms with van der Waals surface area (Å²) in [6.07, 6.45) is -0.185. The van der Waals surface area contributed by atoms with Gasteiger partial charge in [0.25, 0.3) is 0 Å². The number of methoxy groups -OCH3 is 1. The number of carbonyl (C=O) groups excluding carboxylic acids is 2. The van der Waals surface area contributed by atoms with Gasteiger partial charge < -0.3 is 14.7 Å². The van der Waals surface area contributed by atoms with Gasteiger partial charge in [0.05, 0.1) is 19.3 Å². The lowest BCUT2D eigenvalue weighted by molar-refractivity contribution is -0.148. The molecule has 0 aliphatic carbocycles. The molecule has 16 heavy (non-hydrogen) atoms. The van der Waals surface area contributed by atoms with E-state index >= 15 is 0 Å². The Morgan fingerprint density at radius 2 is 2.19 bits per heavy atom. The van der Waals surface area contributed by atoms with Crippen LogP contribution in [0.3, 0.4) is 0 Å². The van der Waals surface area contributed by atoms with E-state index in [1.54, 1.807) is 11.9 Å². The summed E-state index contributed by atoms with van der Waals surface area (Å²) >= 11 is 0. The maximum atomic E-state index is 11.9. The first-order chi connectivity index (χ1) is 7.54. The van der Waals surface area contributed by atoms with Gasteiger partial charge in [-0.25, -0.2) is 4.79 Å². The van der Waals surface area contributed by atoms with Crippen molar-refractivity contribution in [1.82, 2.24) is 9.80 Å². The Balaban J connectivity index is 2.26. The zero-order valence-corrected chi connectivity index (χ0v) is 9.42.